The molecule has 4 heteroatoms. The Morgan fingerprint density at radius 1 is 1.21 bits per heavy atom. The van der Waals surface area contributed by atoms with Gasteiger partial charge >= 0.3 is 0 Å². The van der Waals surface area contributed by atoms with Crippen LogP contribution in [0, 0.1) is 13.8 Å². The lowest BCUT2D eigenvalue weighted by Crippen LogP contribution is -2.26. The van der Waals surface area contributed by atoms with E-state index in [4.69, 9.17) is 11.6 Å². The van der Waals surface area contributed by atoms with Crippen LogP contribution in [-0.2, 0) is 6.42 Å². The number of para-hydroxylation sites is 1. The Morgan fingerprint density at radius 3 is 2.74 bits per heavy atom. The molecular formula is C15H16ClN3. The molecule has 1 atom stereocenters. The van der Waals surface area contributed by atoms with Crippen LogP contribution >= 0.6 is 11.6 Å². The number of aryl methyl sites for hydroxylation is 1. The van der Waals surface area contributed by atoms with E-state index < -0.39 is 0 Å². The quantitative estimate of drug-likeness (QED) is 0.740. The number of fused-ring (bicyclic) bond motifs is 1. The predicted octanol–water partition coefficient (Wildman–Crippen LogP) is 3.83. The number of hydrogen-bond donors (Lipinski definition) is 0. The molecule has 1 unspecified atom stereocenters. The molecule has 0 fully saturated rings. The van der Waals surface area contributed by atoms with Crippen LogP contribution in [0.4, 0.5) is 11.5 Å². The van der Waals surface area contributed by atoms with E-state index in [0.29, 0.717) is 17.0 Å². The number of rotatable bonds is 1. The normalized spacial score (nSPS) is 17.7. The first-order valence-electron chi connectivity index (χ1n) is 6.46. The van der Waals surface area contributed by atoms with Gasteiger partial charge in [-0.15, -0.1) is 0 Å². The maximum atomic E-state index is 6.19. The molecule has 1 aliphatic heterocycles. The number of aromatic nitrogens is 2. The number of hydrogen-bond acceptors (Lipinski definition) is 3. The summed E-state index contributed by atoms with van der Waals surface area (Å²) in [7, 11) is 0. The van der Waals surface area contributed by atoms with Gasteiger partial charge in [-0.05, 0) is 38.8 Å². The maximum Gasteiger partial charge on any atom is 0.141 e. The first-order valence-corrected chi connectivity index (χ1v) is 6.83. The van der Waals surface area contributed by atoms with Crippen LogP contribution in [0.1, 0.15) is 23.9 Å². The molecule has 0 aliphatic carbocycles. The molecule has 1 aromatic heterocycles. The first-order chi connectivity index (χ1) is 9.08. The van der Waals surface area contributed by atoms with Crippen molar-refractivity contribution in [2.75, 3.05) is 4.90 Å². The van der Waals surface area contributed by atoms with E-state index in [1.54, 1.807) is 0 Å². The van der Waals surface area contributed by atoms with E-state index in [1.165, 1.54) is 11.3 Å². The van der Waals surface area contributed by atoms with Gasteiger partial charge < -0.3 is 4.90 Å². The summed E-state index contributed by atoms with van der Waals surface area (Å²) in [6.07, 6.45) is 1.04. The SMILES string of the molecule is Cc1nc(Cl)c(C)c(N2c3ccccc3CC2C)n1. The zero-order valence-electron chi connectivity index (χ0n) is 11.3. The van der Waals surface area contributed by atoms with Crippen molar-refractivity contribution >= 4 is 23.1 Å². The summed E-state index contributed by atoms with van der Waals surface area (Å²) in [6, 6.07) is 8.86. The smallest absolute Gasteiger partial charge is 0.141 e. The molecule has 0 saturated heterocycles. The second kappa shape index (κ2) is 4.49. The lowest BCUT2D eigenvalue weighted by atomic mass is 10.1. The van der Waals surface area contributed by atoms with Crippen LogP contribution in [0.2, 0.25) is 5.15 Å². The predicted molar refractivity (Wildman–Crippen MR) is 78.3 cm³/mol. The van der Waals surface area contributed by atoms with Gasteiger partial charge in [-0.25, -0.2) is 9.97 Å². The second-order valence-corrected chi connectivity index (χ2v) is 5.42. The van der Waals surface area contributed by atoms with Gasteiger partial charge in [-0.2, -0.15) is 0 Å². The van der Waals surface area contributed by atoms with E-state index >= 15 is 0 Å². The minimum atomic E-state index is 0.390. The van der Waals surface area contributed by atoms with Gasteiger partial charge in [-0.1, -0.05) is 29.8 Å². The molecule has 3 rings (SSSR count). The second-order valence-electron chi connectivity index (χ2n) is 5.06. The molecule has 98 valence electrons. The molecule has 0 saturated carbocycles. The van der Waals surface area contributed by atoms with Crippen molar-refractivity contribution in [3.8, 4) is 0 Å². The van der Waals surface area contributed by atoms with Crippen molar-refractivity contribution < 1.29 is 0 Å². The Labute approximate surface area is 118 Å². The van der Waals surface area contributed by atoms with E-state index in [9.17, 15) is 0 Å². The average Bonchev–Trinajstić information content (AvgIpc) is 2.70. The molecule has 2 heterocycles. The lowest BCUT2D eigenvalue weighted by molar-refractivity contribution is 0.744. The first kappa shape index (κ1) is 12.4. The molecule has 0 N–H and O–H groups in total. The molecule has 0 radical (unpaired) electrons. The summed E-state index contributed by atoms with van der Waals surface area (Å²) in [4.78, 5) is 11.1. The fourth-order valence-electron chi connectivity index (χ4n) is 2.70. The van der Waals surface area contributed by atoms with E-state index in [2.05, 4.69) is 46.1 Å². The molecular weight excluding hydrogens is 258 g/mol. The maximum absolute atomic E-state index is 6.19. The Hall–Kier alpha value is -1.61. The molecule has 3 nitrogen and oxygen atoms in total. The van der Waals surface area contributed by atoms with Gasteiger partial charge in [0.15, 0.2) is 0 Å². The average molecular weight is 274 g/mol. The van der Waals surface area contributed by atoms with E-state index in [-0.39, 0.29) is 0 Å². The fraction of sp³-hybridized carbons (Fsp3) is 0.333. The Balaban J connectivity index is 2.18. The summed E-state index contributed by atoms with van der Waals surface area (Å²) in [5.74, 6) is 1.64. The highest BCUT2D eigenvalue weighted by Crippen LogP contribution is 2.39. The topological polar surface area (TPSA) is 29.0 Å². The van der Waals surface area contributed by atoms with Crippen LogP contribution in [0.15, 0.2) is 24.3 Å². The van der Waals surface area contributed by atoms with Gasteiger partial charge in [0.25, 0.3) is 0 Å². The van der Waals surface area contributed by atoms with Crippen molar-refractivity contribution in [1.29, 1.82) is 0 Å². The molecule has 19 heavy (non-hydrogen) atoms. The van der Waals surface area contributed by atoms with Crippen molar-refractivity contribution in [2.45, 2.75) is 33.2 Å². The van der Waals surface area contributed by atoms with Gasteiger partial charge in [0.1, 0.15) is 16.8 Å². The minimum Gasteiger partial charge on any atom is -0.323 e. The van der Waals surface area contributed by atoms with Crippen LogP contribution in [0.5, 0.6) is 0 Å². The zero-order valence-corrected chi connectivity index (χ0v) is 12.1. The van der Waals surface area contributed by atoms with Gasteiger partial charge in [0.05, 0.1) is 0 Å². The molecule has 1 aromatic carbocycles. The highest BCUT2D eigenvalue weighted by Gasteiger charge is 2.29. The van der Waals surface area contributed by atoms with Crippen LogP contribution < -0.4 is 4.90 Å². The standard InChI is InChI=1S/C15H16ClN3/c1-9-8-12-6-4-5-7-13(12)19(9)15-10(2)14(16)17-11(3)18-15/h4-7,9H,8H2,1-3H3. The van der Waals surface area contributed by atoms with Crippen molar-refractivity contribution in [3.63, 3.8) is 0 Å². The Bertz CT molecular complexity index is 639. The number of benzene rings is 1. The third-order valence-electron chi connectivity index (χ3n) is 3.61. The van der Waals surface area contributed by atoms with Crippen LogP contribution in [-0.4, -0.2) is 16.0 Å². The van der Waals surface area contributed by atoms with Gasteiger partial charge in [-0.3, -0.25) is 0 Å². The highest BCUT2D eigenvalue weighted by atomic mass is 35.5. The van der Waals surface area contributed by atoms with Crippen LogP contribution in [0.25, 0.3) is 0 Å². The van der Waals surface area contributed by atoms with Crippen LogP contribution in [0.3, 0.4) is 0 Å². The third kappa shape index (κ3) is 1.98. The van der Waals surface area contributed by atoms with Crippen molar-refractivity contribution in [3.05, 3.63) is 46.4 Å². The zero-order chi connectivity index (χ0) is 13.6. The molecule has 0 amide bonds. The van der Waals surface area contributed by atoms with Crippen molar-refractivity contribution in [1.82, 2.24) is 9.97 Å². The minimum absolute atomic E-state index is 0.390. The Morgan fingerprint density at radius 2 is 1.95 bits per heavy atom. The largest absolute Gasteiger partial charge is 0.323 e. The summed E-state index contributed by atoms with van der Waals surface area (Å²) < 4.78 is 0. The third-order valence-corrected chi connectivity index (χ3v) is 3.98. The van der Waals surface area contributed by atoms with E-state index in [1.807, 2.05) is 13.8 Å². The summed E-state index contributed by atoms with van der Waals surface area (Å²) in [5, 5.41) is 0.541. The van der Waals surface area contributed by atoms with E-state index in [0.717, 1.165) is 17.8 Å². The molecule has 0 bridgehead atoms. The van der Waals surface area contributed by atoms with Crippen molar-refractivity contribution in [2.24, 2.45) is 0 Å². The molecule has 2 aromatic rings. The van der Waals surface area contributed by atoms with Gasteiger partial charge in [0.2, 0.25) is 0 Å². The van der Waals surface area contributed by atoms with Gasteiger partial charge in [0, 0.05) is 17.3 Å². The number of anilines is 2. The number of nitrogens with zero attached hydrogens (tertiary/aromatic N) is 3. The lowest BCUT2D eigenvalue weighted by Gasteiger charge is -2.25. The summed E-state index contributed by atoms with van der Waals surface area (Å²) in [5.41, 5.74) is 3.53. The summed E-state index contributed by atoms with van der Waals surface area (Å²) in [6.45, 7) is 6.07. The fourth-order valence-corrected chi connectivity index (χ4v) is 2.91. The highest BCUT2D eigenvalue weighted by molar-refractivity contribution is 6.30. The molecule has 0 spiro atoms. The molecule has 1 aliphatic rings. The monoisotopic (exact) mass is 273 g/mol. The summed E-state index contributed by atoms with van der Waals surface area (Å²) >= 11 is 6.19. The number of halogens is 1. The Kier molecular flexibility index (Phi) is 2.94.